The minimum atomic E-state index is -0.532. The lowest BCUT2D eigenvalue weighted by Gasteiger charge is -2.02. The maximum Gasteiger partial charge on any atom is 0.417 e. The summed E-state index contributed by atoms with van der Waals surface area (Å²) in [5.41, 5.74) is 1.77. The molecule has 0 aliphatic carbocycles. The first-order chi connectivity index (χ1) is 7.61. The van der Waals surface area contributed by atoms with Gasteiger partial charge in [0.15, 0.2) is 5.58 Å². The number of aromatic amines is 1. The van der Waals surface area contributed by atoms with Crippen molar-refractivity contribution in [3.63, 3.8) is 0 Å². The molecule has 2 rings (SSSR count). The Morgan fingerprint density at radius 1 is 1.50 bits per heavy atom. The van der Waals surface area contributed by atoms with E-state index in [1.807, 2.05) is 0 Å². The molecule has 0 saturated heterocycles. The lowest BCUT2D eigenvalue weighted by molar-refractivity contribution is -0.133. The molecule has 82 valence electrons. The van der Waals surface area contributed by atoms with Crippen molar-refractivity contribution in [3.8, 4) is 0 Å². The molecule has 1 aromatic heterocycles. The molecule has 1 aromatic carbocycles. The Bertz CT molecular complexity index is 620. The molecule has 0 fully saturated rings. The molecular weight excluding hydrogens is 210 g/mol. The SMILES string of the molecule is C=C(C(=O)OC)c1ccc2oc(=O)[nH]c2c1. The standard InChI is InChI=1S/C11H9NO4/c1-6(10(13)15-2)7-3-4-9-8(5-7)12-11(14)16-9/h3-5H,1H2,2H3,(H,12,14). The Labute approximate surface area is 90.3 Å². The highest BCUT2D eigenvalue weighted by atomic mass is 16.5. The molecule has 2 aromatic rings. The molecule has 5 nitrogen and oxygen atoms in total. The molecule has 0 atom stereocenters. The first-order valence-corrected chi connectivity index (χ1v) is 4.52. The number of H-pyrrole nitrogens is 1. The van der Waals surface area contributed by atoms with Gasteiger partial charge in [-0.15, -0.1) is 0 Å². The van der Waals surface area contributed by atoms with Crippen molar-refractivity contribution in [2.24, 2.45) is 0 Å². The van der Waals surface area contributed by atoms with Gasteiger partial charge in [-0.3, -0.25) is 4.98 Å². The third-order valence-electron chi connectivity index (χ3n) is 2.20. The molecule has 0 unspecified atom stereocenters. The Hall–Kier alpha value is -2.30. The summed E-state index contributed by atoms with van der Waals surface area (Å²) >= 11 is 0. The van der Waals surface area contributed by atoms with Crippen LogP contribution in [0.25, 0.3) is 16.7 Å². The van der Waals surface area contributed by atoms with Crippen molar-refractivity contribution in [1.82, 2.24) is 4.98 Å². The van der Waals surface area contributed by atoms with Gasteiger partial charge in [-0.05, 0) is 17.7 Å². The van der Waals surface area contributed by atoms with Gasteiger partial charge >= 0.3 is 11.7 Å². The van der Waals surface area contributed by atoms with Crippen molar-refractivity contribution in [2.45, 2.75) is 0 Å². The van der Waals surface area contributed by atoms with E-state index in [1.165, 1.54) is 7.11 Å². The highest BCUT2D eigenvalue weighted by Crippen LogP contribution is 2.18. The normalized spacial score (nSPS) is 10.3. The lowest BCUT2D eigenvalue weighted by Crippen LogP contribution is -2.02. The van der Waals surface area contributed by atoms with Crippen molar-refractivity contribution >= 4 is 22.6 Å². The maximum absolute atomic E-state index is 11.2. The van der Waals surface area contributed by atoms with Crippen LogP contribution in [0.2, 0.25) is 0 Å². The summed E-state index contributed by atoms with van der Waals surface area (Å²) in [5, 5.41) is 0. The lowest BCUT2D eigenvalue weighted by atomic mass is 10.1. The van der Waals surface area contributed by atoms with Crippen LogP contribution in [0.4, 0.5) is 0 Å². The van der Waals surface area contributed by atoms with E-state index in [0.717, 1.165) is 0 Å². The van der Waals surface area contributed by atoms with Gasteiger partial charge in [-0.2, -0.15) is 0 Å². The van der Waals surface area contributed by atoms with E-state index in [2.05, 4.69) is 16.3 Å². The van der Waals surface area contributed by atoms with Crippen LogP contribution in [0.15, 0.2) is 34.0 Å². The molecule has 0 radical (unpaired) electrons. The van der Waals surface area contributed by atoms with Crippen LogP contribution < -0.4 is 5.76 Å². The van der Waals surface area contributed by atoms with E-state index in [9.17, 15) is 9.59 Å². The molecule has 0 amide bonds. The first kappa shape index (κ1) is 10.2. The van der Waals surface area contributed by atoms with Gasteiger partial charge in [0.25, 0.3) is 0 Å². The number of carbonyl (C=O) groups is 1. The van der Waals surface area contributed by atoms with Gasteiger partial charge in [0.05, 0.1) is 18.2 Å². The molecule has 16 heavy (non-hydrogen) atoms. The average Bonchev–Trinajstić information content (AvgIpc) is 2.65. The summed E-state index contributed by atoms with van der Waals surface area (Å²) in [5.74, 6) is -1.04. The van der Waals surface area contributed by atoms with E-state index in [0.29, 0.717) is 16.7 Å². The maximum atomic E-state index is 11.2. The number of aromatic nitrogens is 1. The Morgan fingerprint density at radius 2 is 2.25 bits per heavy atom. The number of esters is 1. The summed E-state index contributed by atoms with van der Waals surface area (Å²) < 4.78 is 9.38. The number of carbonyl (C=O) groups excluding carboxylic acids is 1. The molecule has 1 N–H and O–H groups in total. The van der Waals surface area contributed by atoms with Crippen LogP contribution in [0.3, 0.4) is 0 Å². The summed E-state index contributed by atoms with van der Waals surface area (Å²) in [6.45, 7) is 3.61. The van der Waals surface area contributed by atoms with E-state index in [1.54, 1.807) is 18.2 Å². The zero-order valence-corrected chi connectivity index (χ0v) is 8.57. The van der Waals surface area contributed by atoms with E-state index < -0.39 is 11.7 Å². The monoisotopic (exact) mass is 219 g/mol. The van der Waals surface area contributed by atoms with Crippen LogP contribution in [-0.2, 0) is 9.53 Å². The number of oxazole rings is 1. The molecule has 0 saturated carbocycles. The highest BCUT2D eigenvalue weighted by molar-refractivity contribution is 6.16. The van der Waals surface area contributed by atoms with Gasteiger partial charge in [0.2, 0.25) is 0 Å². The number of hydrogen-bond acceptors (Lipinski definition) is 4. The Morgan fingerprint density at radius 3 is 2.94 bits per heavy atom. The number of hydrogen-bond donors (Lipinski definition) is 1. The molecule has 0 bridgehead atoms. The van der Waals surface area contributed by atoms with Crippen LogP contribution in [-0.4, -0.2) is 18.1 Å². The number of ether oxygens (including phenoxy) is 1. The largest absolute Gasteiger partial charge is 0.465 e. The third-order valence-corrected chi connectivity index (χ3v) is 2.20. The number of rotatable bonds is 2. The van der Waals surface area contributed by atoms with Crippen molar-refractivity contribution < 1.29 is 13.9 Å². The van der Waals surface area contributed by atoms with Crippen LogP contribution in [0.5, 0.6) is 0 Å². The minimum Gasteiger partial charge on any atom is -0.465 e. The Balaban J connectivity index is 2.50. The quantitative estimate of drug-likeness (QED) is 0.610. The second kappa shape index (κ2) is 3.69. The second-order valence-electron chi connectivity index (χ2n) is 3.20. The fourth-order valence-corrected chi connectivity index (χ4v) is 1.38. The first-order valence-electron chi connectivity index (χ1n) is 4.52. The topological polar surface area (TPSA) is 72.3 Å². The predicted octanol–water partition coefficient (Wildman–Crippen LogP) is 1.31. The van der Waals surface area contributed by atoms with Crippen molar-refractivity contribution in [1.29, 1.82) is 0 Å². The van der Waals surface area contributed by atoms with Gasteiger partial charge in [0.1, 0.15) is 0 Å². The summed E-state index contributed by atoms with van der Waals surface area (Å²) in [7, 11) is 1.28. The predicted molar refractivity (Wildman–Crippen MR) is 57.9 cm³/mol. The van der Waals surface area contributed by atoms with Crippen molar-refractivity contribution in [3.05, 3.63) is 40.9 Å². The van der Waals surface area contributed by atoms with E-state index >= 15 is 0 Å². The van der Waals surface area contributed by atoms with E-state index in [-0.39, 0.29) is 5.57 Å². The molecule has 5 heteroatoms. The fraction of sp³-hybridized carbons (Fsp3) is 0.0909. The minimum absolute atomic E-state index is 0.228. The van der Waals surface area contributed by atoms with E-state index in [4.69, 9.17) is 4.42 Å². The molecule has 0 spiro atoms. The van der Waals surface area contributed by atoms with Crippen molar-refractivity contribution in [2.75, 3.05) is 7.11 Å². The summed E-state index contributed by atoms with van der Waals surface area (Å²) in [4.78, 5) is 24.7. The molecular formula is C11H9NO4. The number of benzene rings is 1. The molecule has 0 aliphatic rings. The second-order valence-corrected chi connectivity index (χ2v) is 3.20. The number of nitrogens with one attached hydrogen (secondary N) is 1. The van der Waals surface area contributed by atoms with Crippen LogP contribution in [0, 0.1) is 0 Å². The highest BCUT2D eigenvalue weighted by Gasteiger charge is 2.11. The summed E-state index contributed by atoms with van der Waals surface area (Å²) in [6, 6.07) is 4.84. The third kappa shape index (κ3) is 1.63. The molecule has 1 heterocycles. The molecule has 0 aliphatic heterocycles. The number of methoxy groups -OCH3 is 1. The van der Waals surface area contributed by atoms with Gasteiger partial charge in [0, 0.05) is 0 Å². The van der Waals surface area contributed by atoms with Gasteiger partial charge < -0.3 is 9.15 Å². The number of fused-ring (bicyclic) bond motifs is 1. The zero-order chi connectivity index (χ0) is 11.7. The summed E-state index contributed by atoms with van der Waals surface area (Å²) in [6.07, 6.45) is 0. The van der Waals surface area contributed by atoms with Gasteiger partial charge in [-0.1, -0.05) is 12.6 Å². The zero-order valence-electron chi connectivity index (χ0n) is 8.57. The fourth-order valence-electron chi connectivity index (χ4n) is 1.38. The average molecular weight is 219 g/mol. The van der Waals surface area contributed by atoms with Gasteiger partial charge in [-0.25, -0.2) is 9.59 Å². The smallest absolute Gasteiger partial charge is 0.417 e. The van der Waals surface area contributed by atoms with Crippen LogP contribution >= 0.6 is 0 Å². The Kier molecular flexibility index (Phi) is 2.36. The van der Waals surface area contributed by atoms with Crippen LogP contribution in [0.1, 0.15) is 5.56 Å².